The number of hydrogen-bond acceptors (Lipinski definition) is 6. The molecule has 2 aromatic carbocycles. The number of nitrogens with one attached hydrogen (secondary N) is 2. The van der Waals surface area contributed by atoms with Crippen LogP contribution in [0.4, 0.5) is 35.9 Å². The number of non-ortho nitro benzene ring substituents is 1. The van der Waals surface area contributed by atoms with Crippen LogP contribution >= 0.6 is 0 Å². The van der Waals surface area contributed by atoms with Crippen molar-refractivity contribution in [2.24, 2.45) is 0 Å². The number of fused-ring (bicyclic) bond motifs is 1. The Kier molecular flexibility index (Phi) is 6.00. The van der Waals surface area contributed by atoms with E-state index in [0.29, 0.717) is 6.07 Å². The lowest BCUT2D eigenvalue weighted by atomic mass is 10.1. The fourth-order valence-electron chi connectivity index (χ4n) is 2.93. The number of benzene rings is 2. The first kappa shape index (κ1) is 22.5. The van der Waals surface area contributed by atoms with Gasteiger partial charge in [-0.15, -0.1) is 0 Å². The first-order valence-corrected chi connectivity index (χ1v) is 8.96. The second-order valence-electron chi connectivity index (χ2n) is 6.67. The van der Waals surface area contributed by atoms with Crippen LogP contribution in [0.3, 0.4) is 0 Å². The van der Waals surface area contributed by atoms with E-state index in [1.165, 1.54) is 6.07 Å². The van der Waals surface area contributed by atoms with Crippen LogP contribution in [0.1, 0.15) is 12.5 Å². The maximum Gasteiger partial charge on any atom is 0.416 e. The van der Waals surface area contributed by atoms with Gasteiger partial charge < -0.3 is 15.4 Å². The molecule has 0 aliphatic carbocycles. The lowest BCUT2D eigenvalue weighted by Crippen LogP contribution is -2.43. The number of amides is 3. The molecule has 0 bridgehead atoms. The van der Waals surface area contributed by atoms with Crippen LogP contribution in [0.5, 0.6) is 5.75 Å². The fourth-order valence-corrected chi connectivity index (χ4v) is 2.93. The van der Waals surface area contributed by atoms with Crippen molar-refractivity contribution in [2.75, 3.05) is 28.7 Å². The van der Waals surface area contributed by atoms with E-state index in [4.69, 9.17) is 4.74 Å². The van der Waals surface area contributed by atoms with Gasteiger partial charge in [0.1, 0.15) is 12.3 Å². The van der Waals surface area contributed by atoms with Crippen LogP contribution < -0.4 is 20.3 Å². The van der Waals surface area contributed by atoms with Gasteiger partial charge in [0.2, 0.25) is 11.8 Å². The topological polar surface area (TPSA) is 131 Å². The Hall–Kier alpha value is -4.16. The zero-order chi connectivity index (χ0) is 23.6. The van der Waals surface area contributed by atoms with E-state index in [1.54, 1.807) is 0 Å². The number of nitro benzene ring substituents is 1. The van der Waals surface area contributed by atoms with Crippen molar-refractivity contribution in [3.63, 3.8) is 0 Å². The molecule has 2 N–H and O–H groups in total. The Bertz CT molecular complexity index is 1120. The lowest BCUT2D eigenvalue weighted by Gasteiger charge is -2.28. The molecule has 3 amide bonds. The molecule has 3 rings (SSSR count). The summed E-state index contributed by atoms with van der Waals surface area (Å²) in [6.07, 6.45) is -4.70. The summed E-state index contributed by atoms with van der Waals surface area (Å²) in [5, 5.41) is 15.6. The summed E-state index contributed by atoms with van der Waals surface area (Å²) in [7, 11) is 0. The smallest absolute Gasteiger partial charge is 0.416 e. The highest BCUT2D eigenvalue weighted by molar-refractivity contribution is 6.06. The molecule has 0 aromatic heterocycles. The van der Waals surface area contributed by atoms with Crippen LogP contribution in [0.2, 0.25) is 0 Å². The van der Waals surface area contributed by atoms with E-state index in [2.05, 4.69) is 10.6 Å². The predicted molar refractivity (Wildman–Crippen MR) is 105 cm³/mol. The van der Waals surface area contributed by atoms with Gasteiger partial charge in [0.25, 0.3) is 11.6 Å². The van der Waals surface area contributed by atoms with Gasteiger partial charge in [-0.1, -0.05) is 0 Å². The van der Waals surface area contributed by atoms with Gasteiger partial charge in [-0.25, -0.2) is 0 Å². The monoisotopic (exact) mass is 452 g/mol. The van der Waals surface area contributed by atoms with E-state index in [0.717, 1.165) is 36.1 Å². The zero-order valence-corrected chi connectivity index (χ0v) is 16.4. The zero-order valence-electron chi connectivity index (χ0n) is 16.4. The SMILES string of the molecule is CC(=O)Nc1ccc(C(F)(F)F)cc1NC(=O)CN1C(=O)COc2ccc([N+](=O)[O-])cc21. The second-order valence-corrected chi connectivity index (χ2v) is 6.67. The van der Waals surface area contributed by atoms with Crippen molar-refractivity contribution < 1.29 is 37.2 Å². The molecule has 0 unspecified atom stereocenters. The van der Waals surface area contributed by atoms with Gasteiger partial charge >= 0.3 is 6.18 Å². The minimum Gasteiger partial charge on any atom is -0.482 e. The number of ether oxygens (including phenoxy) is 1. The Morgan fingerprint density at radius 1 is 1.16 bits per heavy atom. The summed E-state index contributed by atoms with van der Waals surface area (Å²) in [6, 6.07) is 5.84. The van der Waals surface area contributed by atoms with E-state index in [-0.39, 0.29) is 28.5 Å². The molecule has 32 heavy (non-hydrogen) atoms. The quantitative estimate of drug-likeness (QED) is 0.530. The van der Waals surface area contributed by atoms with Crippen molar-refractivity contribution in [2.45, 2.75) is 13.1 Å². The molecule has 0 atom stereocenters. The molecule has 0 saturated heterocycles. The van der Waals surface area contributed by atoms with Crippen LogP contribution in [0.15, 0.2) is 36.4 Å². The minimum atomic E-state index is -4.70. The summed E-state index contributed by atoms with van der Waals surface area (Å²) in [6.45, 7) is 0.0460. The third kappa shape index (κ3) is 4.94. The number of nitrogens with zero attached hydrogens (tertiary/aromatic N) is 2. The van der Waals surface area contributed by atoms with E-state index >= 15 is 0 Å². The molecule has 1 heterocycles. The largest absolute Gasteiger partial charge is 0.482 e. The third-order valence-corrected chi connectivity index (χ3v) is 4.33. The molecule has 0 fully saturated rings. The molecule has 0 spiro atoms. The van der Waals surface area contributed by atoms with Gasteiger partial charge in [-0.05, 0) is 24.3 Å². The van der Waals surface area contributed by atoms with E-state index in [1.807, 2.05) is 0 Å². The molecule has 2 aromatic rings. The highest BCUT2D eigenvalue weighted by atomic mass is 19.4. The molecule has 1 aliphatic heterocycles. The molecular weight excluding hydrogens is 437 g/mol. The first-order chi connectivity index (χ1) is 15.0. The van der Waals surface area contributed by atoms with Crippen LogP contribution in [-0.4, -0.2) is 35.8 Å². The number of anilines is 3. The maximum absolute atomic E-state index is 13.1. The van der Waals surface area contributed by atoms with Gasteiger partial charge in [-0.2, -0.15) is 13.2 Å². The van der Waals surface area contributed by atoms with E-state index in [9.17, 15) is 37.7 Å². The molecule has 0 radical (unpaired) electrons. The summed E-state index contributed by atoms with van der Waals surface area (Å²) in [5.74, 6) is -2.03. The number of nitro groups is 1. The highest BCUT2D eigenvalue weighted by Crippen LogP contribution is 2.36. The number of hydrogen-bond donors (Lipinski definition) is 2. The van der Waals surface area contributed by atoms with Gasteiger partial charge in [0, 0.05) is 19.1 Å². The molecule has 13 heteroatoms. The summed E-state index contributed by atoms with van der Waals surface area (Å²) >= 11 is 0. The summed E-state index contributed by atoms with van der Waals surface area (Å²) < 4.78 is 44.4. The third-order valence-electron chi connectivity index (χ3n) is 4.33. The average molecular weight is 452 g/mol. The molecule has 10 nitrogen and oxygen atoms in total. The molecule has 1 aliphatic rings. The number of carbonyl (C=O) groups excluding carboxylic acids is 3. The number of alkyl halides is 3. The lowest BCUT2D eigenvalue weighted by molar-refractivity contribution is -0.384. The first-order valence-electron chi connectivity index (χ1n) is 8.96. The van der Waals surface area contributed by atoms with Gasteiger partial charge in [0.15, 0.2) is 6.61 Å². The summed E-state index contributed by atoms with van der Waals surface area (Å²) in [4.78, 5) is 47.5. The maximum atomic E-state index is 13.1. The molecular formula is C19H15F3N4O6. The Morgan fingerprint density at radius 3 is 2.50 bits per heavy atom. The van der Waals surface area contributed by atoms with Crippen molar-refractivity contribution >= 4 is 40.5 Å². The normalized spacial score (nSPS) is 13.1. The van der Waals surface area contributed by atoms with Crippen molar-refractivity contribution in [3.05, 3.63) is 52.1 Å². The standard InChI is InChI=1S/C19H15F3N4O6/c1-10(27)23-13-4-2-11(19(20,21)22)6-14(13)24-17(28)8-25-15-7-12(26(30)31)3-5-16(15)32-9-18(25)29/h2-7H,8-9H2,1H3,(H,23,27)(H,24,28). The molecule has 168 valence electrons. The van der Waals surface area contributed by atoms with Crippen LogP contribution in [0.25, 0.3) is 0 Å². The van der Waals surface area contributed by atoms with Crippen LogP contribution in [-0.2, 0) is 20.6 Å². The second kappa shape index (κ2) is 8.53. The van der Waals surface area contributed by atoms with Crippen LogP contribution in [0, 0.1) is 10.1 Å². The predicted octanol–water partition coefficient (Wildman–Crippen LogP) is 2.94. The fraction of sp³-hybridized carbons (Fsp3) is 0.211. The summed E-state index contributed by atoms with van der Waals surface area (Å²) in [5.41, 5.74) is -1.86. The van der Waals surface area contributed by atoms with Gasteiger partial charge in [0.05, 0.1) is 27.5 Å². The number of rotatable bonds is 5. The number of halogens is 3. The Balaban J connectivity index is 1.89. The van der Waals surface area contributed by atoms with Gasteiger partial charge in [-0.3, -0.25) is 29.4 Å². The van der Waals surface area contributed by atoms with Crippen molar-refractivity contribution in [3.8, 4) is 5.75 Å². The van der Waals surface area contributed by atoms with Crippen molar-refractivity contribution in [1.82, 2.24) is 0 Å². The van der Waals surface area contributed by atoms with Crippen molar-refractivity contribution in [1.29, 1.82) is 0 Å². The molecule has 0 saturated carbocycles. The Labute approximate surface area is 178 Å². The number of carbonyl (C=O) groups is 3. The van der Waals surface area contributed by atoms with E-state index < -0.39 is 47.5 Å². The average Bonchev–Trinajstić information content (AvgIpc) is 2.69. The Morgan fingerprint density at radius 2 is 1.88 bits per heavy atom. The minimum absolute atomic E-state index is 0.0308. The highest BCUT2D eigenvalue weighted by Gasteiger charge is 2.32.